The number of fused-ring (bicyclic) bond motifs is 1. The SMILES string of the molecule is Cc1ccc(NS(=O)(=O)c2ccc(C(=O)N3CC[C@@H]4CCCC[C@@H]4C3)cc2)cc1. The van der Waals surface area contributed by atoms with E-state index in [2.05, 4.69) is 4.72 Å². The van der Waals surface area contributed by atoms with Gasteiger partial charge in [0.15, 0.2) is 0 Å². The van der Waals surface area contributed by atoms with Gasteiger partial charge in [-0.05, 0) is 68.0 Å². The van der Waals surface area contributed by atoms with Crippen LogP contribution in [-0.4, -0.2) is 32.3 Å². The van der Waals surface area contributed by atoms with Gasteiger partial charge in [0.25, 0.3) is 15.9 Å². The first-order valence-electron chi connectivity index (χ1n) is 10.4. The van der Waals surface area contributed by atoms with Crippen molar-refractivity contribution in [3.8, 4) is 0 Å². The molecule has 5 nitrogen and oxygen atoms in total. The highest BCUT2D eigenvalue weighted by Crippen LogP contribution is 2.36. The first-order valence-corrected chi connectivity index (χ1v) is 11.9. The predicted molar refractivity (Wildman–Crippen MR) is 114 cm³/mol. The van der Waals surface area contributed by atoms with Gasteiger partial charge in [-0.1, -0.05) is 37.0 Å². The predicted octanol–water partition coefficient (Wildman–Crippen LogP) is 4.45. The molecule has 0 aromatic heterocycles. The zero-order valence-corrected chi connectivity index (χ0v) is 17.6. The number of amides is 1. The summed E-state index contributed by atoms with van der Waals surface area (Å²) in [5.74, 6) is 1.40. The smallest absolute Gasteiger partial charge is 0.261 e. The highest BCUT2D eigenvalue weighted by Gasteiger charge is 2.33. The van der Waals surface area contributed by atoms with Crippen LogP contribution in [0.2, 0.25) is 0 Å². The normalized spacial score (nSPS) is 22.0. The minimum atomic E-state index is -3.68. The molecule has 1 N–H and O–H groups in total. The van der Waals surface area contributed by atoms with Crippen LogP contribution in [0.1, 0.15) is 48.0 Å². The fraction of sp³-hybridized carbons (Fsp3) is 0.435. The Labute approximate surface area is 173 Å². The average molecular weight is 413 g/mol. The van der Waals surface area contributed by atoms with Crippen LogP contribution in [0.3, 0.4) is 0 Å². The Kier molecular flexibility index (Phi) is 5.63. The van der Waals surface area contributed by atoms with E-state index >= 15 is 0 Å². The van der Waals surface area contributed by atoms with Gasteiger partial charge in [0.05, 0.1) is 4.90 Å². The van der Waals surface area contributed by atoms with Crippen LogP contribution in [-0.2, 0) is 10.0 Å². The number of hydrogen-bond acceptors (Lipinski definition) is 3. The molecular weight excluding hydrogens is 384 g/mol. The number of anilines is 1. The van der Waals surface area contributed by atoms with Crippen LogP contribution in [0, 0.1) is 18.8 Å². The summed E-state index contributed by atoms with van der Waals surface area (Å²) < 4.78 is 27.8. The molecule has 2 fully saturated rings. The number of rotatable bonds is 4. The quantitative estimate of drug-likeness (QED) is 0.807. The summed E-state index contributed by atoms with van der Waals surface area (Å²) in [6.45, 7) is 3.58. The number of aryl methyl sites for hydroxylation is 1. The maximum atomic E-state index is 12.9. The van der Waals surface area contributed by atoms with Crippen LogP contribution in [0.25, 0.3) is 0 Å². The number of sulfonamides is 1. The molecule has 2 aromatic carbocycles. The molecule has 0 radical (unpaired) electrons. The van der Waals surface area contributed by atoms with Crippen molar-refractivity contribution >= 4 is 21.6 Å². The maximum absolute atomic E-state index is 12.9. The molecule has 1 aliphatic heterocycles. The minimum absolute atomic E-state index is 0.00413. The molecule has 1 amide bonds. The highest BCUT2D eigenvalue weighted by atomic mass is 32.2. The minimum Gasteiger partial charge on any atom is -0.338 e. The zero-order chi connectivity index (χ0) is 20.4. The van der Waals surface area contributed by atoms with Crippen LogP contribution in [0.5, 0.6) is 0 Å². The van der Waals surface area contributed by atoms with E-state index in [1.54, 1.807) is 24.3 Å². The molecule has 1 heterocycles. The van der Waals surface area contributed by atoms with E-state index in [1.165, 1.54) is 37.8 Å². The summed E-state index contributed by atoms with van der Waals surface area (Å²) in [7, 11) is -3.68. The summed E-state index contributed by atoms with van der Waals surface area (Å²) in [4.78, 5) is 15.0. The lowest BCUT2D eigenvalue weighted by molar-refractivity contribution is 0.0521. The lowest BCUT2D eigenvalue weighted by Gasteiger charge is -2.41. The van der Waals surface area contributed by atoms with Crippen LogP contribution < -0.4 is 4.72 Å². The van der Waals surface area contributed by atoms with Gasteiger partial charge in [0.2, 0.25) is 0 Å². The van der Waals surface area contributed by atoms with Crippen molar-refractivity contribution in [2.24, 2.45) is 11.8 Å². The molecule has 1 saturated carbocycles. The number of carbonyl (C=O) groups excluding carboxylic acids is 1. The van der Waals surface area contributed by atoms with Gasteiger partial charge in [0.1, 0.15) is 0 Å². The van der Waals surface area contributed by atoms with E-state index in [0.29, 0.717) is 17.2 Å². The second kappa shape index (κ2) is 8.19. The molecule has 0 spiro atoms. The fourth-order valence-electron chi connectivity index (χ4n) is 4.58. The zero-order valence-electron chi connectivity index (χ0n) is 16.8. The lowest BCUT2D eigenvalue weighted by Crippen LogP contribution is -2.44. The molecule has 1 aliphatic carbocycles. The topological polar surface area (TPSA) is 66.5 Å². The summed E-state index contributed by atoms with van der Waals surface area (Å²) in [5.41, 5.74) is 2.13. The first kappa shape index (κ1) is 20.0. The van der Waals surface area contributed by atoms with Crippen molar-refractivity contribution in [1.82, 2.24) is 4.90 Å². The highest BCUT2D eigenvalue weighted by molar-refractivity contribution is 7.92. The van der Waals surface area contributed by atoms with Crippen LogP contribution in [0.15, 0.2) is 53.4 Å². The lowest BCUT2D eigenvalue weighted by atomic mass is 9.75. The number of nitrogens with zero attached hydrogens (tertiary/aromatic N) is 1. The van der Waals surface area contributed by atoms with E-state index < -0.39 is 10.0 Å². The Morgan fingerprint density at radius 3 is 2.28 bits per heavy atom. The molecule has 29 heavy (non-hydrogen) atoms. The van der Waals surface area contributed by atoms with E-state index in [1.807, 2.05) is 24.0 Å². The van der Waals surface area contributed by atoms with Crippen molar-refractivity contribution in [3.05, 3.63) is 59.7 Å². The number of piperidine rings is 1. The summed E-state index contributed by atoms with van der Waals surface area (Å²) >= 11 is 0. The van der Waals surface area contributed by atoms with Crippen molar-refractivity contribution in [2.45, 2.75) is 43.9 Å². The Hall–Kier alpha value is -2.34. The third-order valence-corrected chi connectivity index (χ3v) is 7.69. The van der Waals surface area contributed by atoms with Crippen molar-refractivity contribution in [2.75, 3.05) is 17.8 Å². The molecule has 4 rings (SSSR count). The molecule has 2 aliphatic rings. The maximum Gasteiger partial charge on any atom is 0.261 e. The number of benzene rings is 2. The second-order valence-electron chi connectivity index (χ2n) is 8.34. The third-order valence-electron chi connectivity index (χ3n) is 6.29. The summed E-state index contributed by atoms with van der Waals surface area (Å²) in [5, 5.41) is 0. The Morgan fingerprint density at radius 1 is 0.931 bits per heavy atom. The Bertz CT molecular complexity index is 968. The second-order valence-corrected chi connectivity index (χ2v) is 10.0. The molecular formula is C23H28N2O3S. The van der Waals surface area contributed by atoms with Gasteiger partial charge in [-0.25, -0.2) is 8.42 Å². The van der Waals surface area contributed by atoms with Gasteiger partial charge < -0.3 is 4.90 Å². The van der Waals surface area contributed by atoms with E-state index in [4.69, 9.17) is 0 Å². The monoisotopic (exact) mass is 412 g/mol. The molecule has 1 saturated heterocycles. The first-order chi connectivity index (χ1) is 13.9. The van der Waals surface area contributed by atoms with E-state index in [-0.39, 0.29) is 10.8 Å². The average Bonchev–Trinajstić information content (AvgIpc) is 2.74. The van der Waals surface area contributed by atoms with Crippen LogP contribution in [0.4, 0.5) is 5.69 Å². The third kappa shape index (κ3) is 4.47. The van der Waals surface area contributed by atoms with Gasteiger partial charge in [-0.15, -0.1) is 0 Å². The standard InChI is InChI=1S/C23H28N2O3S/c1-17-6-10-21(11-7-17)24-29(27,28)22-12-8-19(9-13-22)23(26)25-15-14-18-4-2-3-5-20(18)16-25/h6-13,18,20,24H,2-5,14-16H2,1H3/t18-,20+/m0/s1. The number of likely N-dealkylation sites (tertiary alicyclic amines) is 1. The summed E-state index contributed by atoms with van der Waals surface area (Å²) in [6, 6.07) is 13.5. The van der Waals surface area contributed by atoms with E-state index in [9.17, 15) is 13.2 Å². The fourth-order valence-corrected chi connectivity index (χ4v) is 5.64. The number of nitrogens with one attached hydrogen (secondary N) is 1. The van der Waals surface area contributed by atoms with E-state index in [0.717, 1.165) is 31.0 Å². The largest absolute Gasteiger partial charge is 0.338 e. The Balaban J connectivity index is 1.44. The molecule has 6 heteroatoms. The van der Waals surface area contributed by atoms with Gasteiger partial charge in [0, 0.05) is 24.3 Å². The number of carbonyl (C=O) groups is 1. The molecule has 0 unspecified atom stereocenters. The Morgan fingerprint density at radius 2 is 1.59 bits per heavy atom. The van der Waals surface area contributed by atoms with Gasteiger partial charge in [-0.3, -0.25) is 9.52 Å². The molecule has 2 aromatic rings. The molecule has 0 bridgehead atoms. The van der Waals surface area contributed by atoms with Gasteiger partial charge >= 0.3 is 0 Å². The van der Waals surface area contributed by atoms with Crippen LogP contribution >= 0.6 is 0 Å². The number of hydrogen-bond donors (Lipinski definition) is 1. The van der Waals surface area contributed by atoms with Crippen molar-refractivity contribution in [1.29, 1.82) is 0 Å². The summed E-state index contributed by atoms with van der Waals surface area (Å²) in [6.07, 6.45) is 6.19. The van der Waals surface area contributed by atoms with Crippen molar-refractivity contribution in [3.63, 3.8) is 0 Å². The van der Waals surface area contributed by atoms with Gasteiger partial charge in [-0.2, -0.15) is 0 Å². The van der Waals surface area contributed by atoms with Crippen molar-refractivity contribution < 1.29 is 13.2 Å². The molecule has 154 valence electrons. The molecule has 2 atom stereocenters.